The molecule has 2 amide bonds. The molecule has 3 rings (SSSR count). The first kappa shape index (κ1) is 18.9. The van der Waals surface area contributed by atoms with Crippen LogP contribution in [0.4, 0.5) is 5.69 Å². The Morgan fingerprint density at radius 1 is 1.00 bits per heavy atom. The van der Waals surface area contributed by atoms with E-state index in [4.69, 9.17) is 11.6 Å². The van der Waals surface area contributed by atoms with Crippen LogP contribution in [0.2, 0.25) is 5.02 Å². The topological polar surface area (TPSA) is 84.5 Å². The lowest BCUT2D eigenvalue weighted by atomic mass is 10.2. The molecule has 1 fully saturated rings. The van der Waals surface area contributed by atoms with Crippen molar-refractivity contribution in [2.24, 2.45) is 11.8 Å². The summed E-state index contributed by atoms with van der Waals surface area (Å²) in [4.78, 5) is 35.9. The molecule has 1 aliphatic rings. The molecule has 0 aliphatic heterocycles. The molecule has 2 atom stereocenters. The van der Waals surface area contributed by atoms with Crippen molar-refractivity contribution in [2.45, 2.75) is 13.0 Å². The van der Waals surface area contributed by atoms with Crippen molar-refractivity contribution in [3.05, 3.63) is 64.7 Å². The molecule has 0 heterocycles. The van der Waals surface area contributed by atoms with Gasteiger partial charge in [0.05, 0.1) is 24.5 Å². The van der Waals surface area contributed by atoms with Crippen LogP contribution in [0.25, 0.3) is 0 Å². The number of halogens is 1. The summed E-state index contributed by atoms with van der Waals surface area (Å²) in [6.07, 6.45) is 0.526. The summed E-state index contributed by atoms with van der Waals surface area (Å²) < 4.78 is 4.63. The zero-order chi connectivity index (χ0) is 19.4. The first-order chi connectivity index (χ1) is 13.0. The number of rotatable bonds is 6. The number of ether oxygens (including phenoxy) is 1. The Bertz CT molecular complexity index is 849. The largest absolute Gasteiger partial charge is 0.465 e. The van der Waals surface area contributed by atoms with Crippen LogP contribution in [0.1, 0.15) is 22.3 Å². The van der Waals surface area contributed by atoms with Crippen LogP contribution in [-0.2, 0) is 20.9 Å². The molecule has 0 saturated heterocycles. The van der Waals surface area contributed by atoms with Crippen molar-refractivity contribution >= 4 is 35.1 Å². The van der Waals surface area contributed by atoms with Gasteiger partial charge in [-0.1, -0.05) is 23.7 Å². The molecule has 140 valence electrons. The highest BCUT2D eigenvalue weighted by atomic mass is 35.5. The minimum atomic E-state index is -0.438. The van der Waals surface area contributed by atoms with E-state index in [-0.39, 0.29) is 23.7 Å². The molecule has 0 bridgehead atoms. The summed E-state index contributed by atoms with van der Waals surface area (Å²) in [7, 11) is 1.31. The molecular formula is C20H19ClN2O4. The normalized spacial score (nSPS) is 17.7. The van der Waals surface area contributed by atoms with E-state index in [2.05, 4.69) is 15.4 Å². The maximum Gasteiger partial charge on any atom is 0.337 e. The molecular weight excluding hydrogens is 368 g/mol. The van der Waals surface area contributed by atoms with Gasteiger partial charge in [0.1, 0.15) is 0 Å². The Morgan fingerprint density at radius 3 is 2.26 bits per heavy atom. The second kappa shape index (κ2) is 8.22. The third-order valence-electron chi connectivity index (χ3n) is 4.42. The number of carbonyl (C=O) groups is 3. The molecule has 6 nitrogen and oxygen atoms in total. The SMILES string of the molecule is COC(=O)c1ccc(NC(=O)C2CC2C(=O)NCc2ccc(Cl)cc2)cc1. The fourth-order valence-corrected chi connectivity index (χ4v) is 2.87. The van der Waals surface area contributed by atoms with E-state index in [0.29, 0.717) is 29.2 Å². The van der Waals surface area contributed by atoms with Gasteiger partial charge in [-0.2, -0.15) is 0 Å². The Kier molecular flexibility index (Phi) is 5.76. The van der Waals surface area contributed by atoms with Crippen LogP contribution in [0.15, 0.2) is 48.5 Å². The second-order valence-corrected chi connectivity index (χ2v) is 6.79. The molecule has 2 unspecified atom stereocenters. The maximum atomic E-state index is 12.3. The minimum absolute atomic E-state index is 0.133. The number of hydrogen-bond acceptors (Lipinski definition) is 4. The second-order valence-electron chi connectivity index (χ2n) is 6.35. The van der Waals surface area contributed by atoms with Crippen LogP contribution in [0.5, 0.6) is 0 Å². The molecule has 0 radical (unpaired) electrons. The van der Waals surface area contributed by atoms with Gasteiger partial charge in [0, 0.05) is 17.3 Å². The van der Waals surface area contributed by atoms with E-state index in [9.17, 15) is 14.4 Å². The number of nitrogens with one attached hydrogen (secondary N) is 2. The van der Waals surface area contributed by atoms with Crippen molar-refractivity contribution in [3.63, 3.8) is 0 Å². The molecule has 7 heteroatoms. The highest BCUT2D eigenvalue weighted by molar-refractivity contribution is 6.30. The van der Waals surface area contributed by atoms with E-state index < -0.39 is 5.97 Å². The van der Waals surface area contributed by atoms with Gasteiger partial charge in [-0.25, -0.2) is 4.79 Å². The van der Waals surface area contributed by atoms with Crippen molar-refractivity contribution in [1.29, 1.82) is 0 Å². The van der Waals surface area contributed by atoms with E-state index in [1.165, 1.54) is 7.11 Å². The molecule has 2 aromatic carbocycles. The number of carbonyl (C=O) groups excluding carboxylic acids is 3. The van der Waals surface area contributed by atoms with Crippen molar-refractivity contribution < 1.29 is 19.1 Å². The fourth-order valence-electron chi connectivity index (χ4n) is 2.74. The summed E-state index contributed by atoms with van der Waals surface area (Å²) in [5.41, 5.74) is 1.92. The van der Waals surface area contributed by atoms with Crippen LogP contribution in [0, 0.1) is 11.8 Å². The molecule has 0 spiro atoms. The lowest BCUT2D eigenvalue weighted by Crippen LogP contribution is -2.27. The summed E-state index contributed by atoms with van der Waals surface area (Å²) in [5.74, 6) is -1.42. The number of esters is 1. The Balaban J connectivity index is 1.47. The predicted octanol–water partition coefficient (Wildman–Crippen LogP) is 3.02. The monoisotopic (exact) mass is 386 g/mol. The number of methoxy groups -OCH3 is 1. The molecule has 2 aromatic rings. The van der Waals surface area contributed by atoms with Gasteiger partial charge in [-0.05, 0) is 48.4 Å². The zero-order valence-corrected chi connectivity index (χ0v) is 15.5. The first-order valence-corrected chi connectivity index (χ1v) is 8.87. The fraction of sp³-hybridized carbons (Fsp3) is 0.250. The summed E-state index contributed by atoms with van der Waals surface area (Å²) in [5, 5.41) is 6.25. The average molecular weight is 387 g/mol. The molecule has 0 aromatic heterocycles. The van der Waals surface area contributed by atoms with Gasteiger partial charge in [0.15, 0.2) is 0 Å². The Morgan fingerprint density at radius 2 is 1.63 bits per heavy atom. The number of hydrogen-bond donors (Lipinski definition) is 2. The zero-order valence-electron chi connectivity index (χ0n) is 14.7. The van der Waals surface area contributed by atoms with Gasteiger partial charge in [-0.15, -0.1) is 0 Å². The summed E-state index contributed by atoms with van der Waals surface area (Å²) in [6, 6.07) is 13.6. The average Bonchev–Trinajstić information content (AvgIpc) is 3.48. The third kappa shape index (κ3) is 4.86. The van der Waals surface area contributed by atoms with Crippen LogP contribution < -0.4 is 10.6 Å². The van der Waals surface area contributed by atoms with Crippen molar-refractivity contribution in [1.82, 2.24) is 5.32 Å². The standard InChI is InChI=1S/C20H19ClN2O4/c1-27-20(26)13-4-8-15(9-5-13)23-19(25)17-10-16(17)18(24)22-11-12-2-6-14(21)7-3-12/h2-9,16-17H,10-11H2,1H3,(H,22,24)(H,23,25). The van der Waals surface area contributed by atoms with E-state index in [1.54, 1.807) is 36.4 Å². The number of amides is 2. The maximum absolute atomic E-state index is 12.3. The summed E-state index contributed by atoms with van der Waals surface area (Å²) in [6.45, 7) is 0.399. The van der Waals surface area contributed by atoms with Crippen molar-refractivity contribution in [3.8, 4) is 0 Å². The molecule has 2 N–H and O–H groups in total. The third-order valence-corrected chi connectivity index (χ3v) is 4.67. The quantitative estimate of drug-likeness (QED) is 0.747. The molecule has 1 aliphatic carbocycles. The Hall–Kier alpha value is -2.86. The predicted molar refractivity (Wildman–Crippen MR) is 101 cm³/mol. The van der Waals surface area contributed by atoms with Gasteiger partial charge in [0.2, 0.25) is 11.8 Å². The number of benzene rings is 2. The van der Waals surface area contributed by atoms with Gasteiger partial charge in [-0.3, -0.25) is 9.59 Å². The number of anilines is 1. The van der Waals surface area contributed by atoms with Crippen LogP contribution in [0.3, 0.4) is 0 Å². The van der Waals surface area contributed by atoms with Crippen molar-refractivity contribution in [2.75, 3.05) is 12.4 Å². The van der Waals surface area contributed by atoms with Gasteiger partial charge >= 0.3 is 5.97 Å². The highest BCUT2D eigenvalue weighted by Crippen LogP contribution is 2.39. The van der Waals surface area contributed by atoms with Gasteiger partial charge in [0.25, 0.3) is 0 Å². The van der Waals surface area contributed by atoms with E-state index in [0.717, 1.165) is 5.56 Å². The minimum Gasteiger partial charge on any atom is -0.465 e. The summed E-state index contributed by atoms with van der Waals surface area (Å²) >= 11 is 5.83. The van der Waals surface area contributed by atoms with Gasteiger partial charge < -0.3 is 15.4 Å². The Labute approximate surface area is 161 Å². The highest BCUT2D eigenvalue weighted by Gasteiger charge is 2.47. The molecule has 27 heavy (non-hydrogen) atoms. The van der Waals surface area contributed by atoms with E-state index >= 15 is 0 Å². The van der Waals surface area contributed by atoms with E-state index in [1.807, 2.05) is 12.1 Å². The lowest BCUT2D eigenvalue weighted by Gasteiger charge is -2.07. The molecule has 1 saturated carbocycles. The first-order valence-electron chi connectivity index (χ1n) is 8.49. The smallest absolute Gasteiger partial charge is 0.337 e. The lowest BCUT2D eigenvalue weighted by molar-refractivity contribution is -0.125. The van der Waals surface area contributed by atoms with Crippen LogP contribution >= 0.6 is 11.6 Å². The van der Waals surface area contributed by atoms with Crippen LogP contribution in [-0.4, -0.2) is 24.9 Å².